The van der Waals surface area contributed by atoms with Crippen LogP contribution in [0.1, 0.15) is 28.8 Å². The summed E-state index contributed by atoms with van der Waals surface area (Å²) in [6.07, 6.45) is -3.99. The number of carbonyl (C=O) groups excluding carboxylic acids is 2. The van der Waals surface area contributed by atoms with Gasteiger partial charge in [0.25, 0.3) is 5.91 Å². The minimum absolute atomic E-state index is 0.0896. The molecule has 0 saturated carbocycles. The summed E-state index contributed by atoms with van der Waals surface area (Å²) in [6, 6.07) is 15.8. The van der Waals surface area contributed by atoms with Crippen molar-refractivity contribution in [2.75, 3.05) is 16.8 Å². The van der Waals surface area contributed by atoms with Gasteiger partial charge in [0.15, 0.2) is 0 Å². The predicted octanol–water partition coefficient (Wildman–Crippen LogP) is 5.24. The summed E-state index contributed by atoms with van der Waals surface area (Å²) in [7, 11) is 0. The minimum Gasteiger partial charge on any atom is -0.326 e. The second kappa shape index (κ2) is 7.24. The molecule has 0 atom stereocenters. The quantitative estimate of drug-likeness (QED) is 0.639. The summed E-state index contributed by atoms with van der Waals surface area (Å²) in [5.74, 6) is -0.498. The molecular formula is C22H17F3N2O2. The van der Waals surface area contributed by atoms with E-state index < -0.39 is 17.6 Å². The van der Waals surface area contributed by atoms with Crippen LogP contribution in [0.4, 0.5) is 24.5 Å². The SMILES string of the molecule is O=C(CCCN1C(=O)c2cccc3cccc1c23)Nc1cccc(C(F)(F)F)c1. The number of halogens is 3. The van der Waals surface area contributed by atoms with Crippen molar-refractivity contribution in [2.45, 2.75) is 19.0 Å². The number of rotatable bonds is 5. The van der Waals surface area contributed by atoms with Gasteiger partial charge in [0.05, 0.1) is 11.3 Å². The average Bonchev–Trinajstić information content (AvgIpc) is 2.96. The monoisotopic (exact) mass is 398 g/mol. The molecule has 1 aliphatic heterocycles. The fraction of sp³-hybridized carbons (Fsp3) is 0.182. The lowest BCUT2D eigenvalue weighted by Gasteiger charge is -2.17. The van der Waals surface area contributed by atoms with Gasteiger partial charge in [-0.1, -0.05) is 30.3 Å². The number of hydrogen-bond donors (Lipinski definition) is 1. The van der Waals surface area contributed by atoms with E-state index >= 15 is 0 Å². The number of amides is 2. The molecule has 0 aliphatic carbocycles. The van der Waals surface area contributed by atoms with Gasteiger partial charge in [0.1, 0.15) is 0 Å². The van der Waals surface area contributed by atoms with Crippen molar-refractivity contribution in [2.24, 2.45) is 0 Å². The second-order valence-electron chi connectivity index (χ2n) is 6.87. The van der Waals surface area contributed by atoms with Crippen molar-refractivity contribution in [1.82, 2.24) is 0 Å². The molecule has 0 aromatic heterocycles. The zero-order valence-electron chi connectivity index (χ0n) is 15.3. The summed E-state index contributed by atoms with van der Waals surface area (Å²) in [6.45, 7) is 0.350. The molecule has 3 aromatic rings. The zero-order valence-corrected chi connectivity index (χ0v) is 15.3. The molecule has 1 N–H and O–H groups in total. The van der Waals surface area contributed by atoms with Crippen LogP contribution in [0.5, 0.6) is 0 Å². The highest BCUT2D eigenvalue weighted by molar-refractivity contribution is 6.25. The van der Waals surface area contributed by atoms with E-state index in [4.69, 9.17) is 0 Å². The van der Waals surface area contributed by atoms with Crippen LogP contribution in [0.15, 0.2) is 60.7 Å². The van der Waals surface area contributed by atoms with E-state index in [1.54, 1.807) is 11.0 Å². The first kappa shape index (κ1) is 19.0. The van der Waals surface area contributed by atoms with Crippen LogP contribution >= 0.6 is 0 Å². The van der Waals surface area contributed by atoms with Crippen LogP contribution in [0.2, 0.25) is 0 Å². The highest BCUT2D eigenvalue weighted by Crippen LogP contribution is 2.37. The second-order valence-corrected chi connectivity index (χ2v) is 6.87. The lowest BCUT2D eigenvalue weighted by Crippen LogP contribution is -2.28. The van der Waals surface area contributed by atoms with Crippen LogP contribution < -0.4 is 10.2 Å². The molecule has 0 radical (unpaired) electrons. The van der Waals surface area contributed by atoms with Crippen LogP contribution in [0.25, 0.3) is 10.8 Å². The lowest BCUT2D eigenvalue weighted by atomic mass is 10.1. The molecule has 148 valence electrons. The van der Waals surface area contributed by atoms with Gasteiger partial charge in [0, 0.05) is 29.6 Å². The summed E-state index contributed by atoms with van der Waals surface area (Å²) >= 11 is 0. The highest BCUT2D eigenvalue weighted by Gasteiger charge is 2.31. The van der Waals surface area contributed by atoms with Crippen molar-refractivity contribution < 1.29 is 22.8 Å². The van der Waals surface area contributed by atoms with Gasteiger partial charge in [-0.3, -0.25) is 9.59 Å². The Morgan fingerprint density at radius 1 is 1.00 bits per heavy atom. The minimum atomic E-state index is -4.47. The largest absolute Gasteiger partial charge is 0.416 e. The van der Waals surface area contributed by atoms with E-state index in [-0.39, 0.29) is 18.0 Å². The smallest absolute Gasteiger partial charge is 0.326 e. The van der Waals surface area contributed by atoms with Gasteiger partial charge in [-0.25, -0.2) is 0 Å². The molecule has 0 spiro atoms. The first-order valence-corrected chi connectivity index (χ1v) is 9.15. The normalized spacial score (nSPS) is 13.2. The van der Waals surface area contributed by atoms with Gasteiger partial charge < -0.3 is 10.2 Å². The van der Waals surface area contributed by atoms with Crippen molar-refractivity contribution >= 4 is 34.0 Å². The number of carbonyl (C=O) groups is 2. The van der Waals surface area contributed by atoms with Gasteiger partial charge >= 0.3 is 6.18 Å². The molecule has 0 unspecified atom stereocenters. The van der Waals surface area contributed by atoms with Crippen LogP contribution in [-0.2, 0) is 11.0 Å². The number of anilines is 2. The van der Waals surface area contributed by atoms with Crippen LogP contribution in [0.3, 0.4) is 0 Å². The van der Waals surface area contributed by atoms with Gasteiger partial charge in [-0.15, -0.1) is 0 Å². The van der Waals surface area contributed by atoms with E-state index in [9.17, 15) is 22.8 Å². The van der Waals surface area contributed by atoms with Crippen molar-refractivity contribution in [3.8, 4) is 0 Å². The fourth-order valence-corrected chi connectivity index (χ4v) is 3.60. The van der Waals surface area contributed by atoms with Crippen molar-refractivity contribution in [3.63, 3.8) is 0 Å². The molecule has 0 fully saturated rings. The molecule has 4 nitrogen and oxygen atoms in total. The van der Waals surface area contributed by atoms with E-state index in [0.29, 0.717) is 18.5 Å². The Labute approximate surface area is 164 Å². The lowest BCUT2D eigenvalue weighted by molar-refractivity contribution is -0.137. The van der Waals surface area contributed by atoms with E-state index in [1.165, 1.54) is 12.1 Å². The molecule has 2 amide bonds. The van der Waals surface area contributed by atoms with E-state index in [1.807, 2.05) is 30.3 Å². The topological polar surface area (TPSA) is 49.4 Å². The molecular weight excluding hydrogens is 381 g/mol. The Bertz CT molecular complexity index is 1100. The first-order valence-electron chi connectivity index (χ1n) is 9.15. The highest BCUT2D eigenvalue weighted by atomic mass is 19.4. The van der Waals surface area contributed by atoms with Crippen LogP contribution in [-0.4, -0.2) is 18.4 Å². The summed E-state index contributed by atoms with van der Waals surface area (Å²) in [5.41, 5.74) is 0.746. The van der Waals surface area contributed by atoms with E-state index in [0.717, 1.165) is 28.6 Å². The molecule has 4 rings (SSSR count). The molecule has 29 heavy (non-hydrogen) atoms. The fourth-order valence-electron chi connectivity index (χ4n) is 3.60. The molecule has 0 bridgehead atoms. The maximum absolute atomic E-state index is 12.8. The summed E-state index contributed by atoms with van der Waals surface area (Å²) < 4.78 is 38.3. The molecule has 1 aliphatic rings. The first-order chi connectivity index (χ1) is 13.8. The maximum Gasteiger partial charge on any atom is 0.416 e. The third-order valence-corrected chi connectivity index (χ3v) is 4.91. The molecule has 0 saturated heterocycles. The Hall–Kier alpha value is -3.35. The predicted molar refractivity (Wildman–Crippen MR) is 105 cm³/mol. The Morgan fingerprint density at radius 3 is 2.48 bits per heavy atom. The Kier molecular flexibility index (Phi) is 4.74. The number of benzene rings is 3. The van der Waals surface area contributed by atoms with Crippen LogP contribution in [0, 0.1) is 0 Å². The summed E-state index contributed by atoms with van der Waals surface area (Å²) in [5, 5.41) is 4.38. The third-order valence-electron chi connectivity index (χ3n) is 4.91. The van der Waals surface area contributed by atoms with E-state index in [2.05, 4.69) is 5.32 Å². The standard InChI is InChI=1S/C22H17F3N2O2/c23-22(24,25)15-7-3-8-16(13-15)26-19(28)11-4-12-27-18-10-2-6-14-5-1-9-17(20(14)18)21(27)29/h1-3,5-10,13H,4,11-12H2,(H,26,28). The zero-order chi connectivity index (χ0) is 20.6. The maximum atomic E-state index is 12.8. The Balaban J connectivity index is 1.38. The van der Waals surface area contributed by atoms with Gasteiger partial charge in [0.2, 0.25) is 5.91 Å². The molecule has 1 heterocycles. The third kappa shape index (κ3) is 3.68. The molecule has 7 heteroatoms. The summed E-state index contributed by atoms with van der Waals surface area (Å²) in [4.78, 5) is 26.5. The number of nitrogens with one attached hydrogen (secondary N) is 1. The number of nitrogens with zero attached hydrogens (tertiary/aromatic N) is 1. The molecule has 3 aromatic carbocycles. The van der Waals surface area contributed by atoms with Gasteiger partial charge in [-0.05, 0) is 42.1 Å². The average molecular weight is 398 g/mol. The number of alkyl halides is 3. The Morgan fingerprint density at radius 2 is 1.72 bits per heavy atom. The van der Waals surface area contributed by atoms with Crippen molar-refractivity contribution in [3.05, 3.63) is 71.8 Å². The number of hydrogen-bond acceptors (Lipinski definition) is 2. The van der Waals surface area contributed by atoms with Gasteiger partial charge in [-0.2, -0.15) is 13.2 Å². The van der Waals surface area contributed by atoms with Crippen molar-refractivity contribution in [1.29, 1.82) is 0 Å².